The lowest BCUT2D eigenvalue weighted by atomic mass is 9.90. The third kappa shape index (κ3) is 3.51. The van der Waals surface area contributed by atoms with Crippen molar-refractivity contribution < 1.29 is 0 Å². The highest BCUT2D eigenvalue weighted by molar-refractivity contribution is 5.09. The van der Waals surface area contributed by atoms with Crippen molar-refractivity contribution in [3.8, 4) is 0 Å². The summed E-state index contributed by atoms with van der Waals surface area (Å²) in [4.78, 5) is 6.64. The molecule has 1 aliphatic carbocycles. The summed E-state index contributed by atoms with van der Waals surface area (Å²) in [5.74, 6) is 0. The van der Waals surface area contributed by atoms with Crippen LogP contribution in [-0.2, 0) is 6.54 Å². The van der Waals surface area contributed by atoms with Gasteiger partial charge in [-0.1, -0.05) is 6.92 Å². The number of nitrogens with two attached hydrogens (primary N) is 1. The molecule has 0 amide bonds. The standard InChI is InChI=1S/C14H23N3/c1-2-17(11-12-7-9-16-10-8-12)14-5-3-13(15)4-6-14/h7-10,13-14H,2-6,11,15H2,1H3. The molecular weight excluding hydrogens is 210 g/mol. The predicted octanol–water partition coefficient (Wildman–Crippen LogP) is 2.17. The summed E-state index contributed by atoms with van der Waals surface area (Å²) in [7, 11) is 0. The fraction of sp³-hybridized carbons (Fsp3) is 0.643. The minimum absolute atomic E-state index is 0.436. The highest BCUT2D eigenvalue weighted by Gasteiger charge is 2.23. The smallest absolute Gasteiger partial charge is 0.0271 e. The van der Waals surface area contributed by atoms with E-state index in [0.717, 1.165) is 13.1 Å². The van der Waals surface area contributed by atoms with Crippen LogP contribution in [0, 0.1) is 0 Å². The average Bonchev–Trinajstić information content (AvgIpc) is 2.38. The van der Waals surface area contributed by atoms with E-state index in [9.17, 15) is 0 Å². The van der Waals surface area contributed by atoms with E-state index in [0.29, 0.717) is 12.1 Å². The van der Waals surface area contributed by atoms with Crippen LogP contribution in [0.2, 0.25) is 0 Å². The van der Waals surface area contributed by atoms with Crippen molar-refractivity contribution in [2.45, 2.75) is 51.2 Å². The largest absolute Gasteiger partial charge is 0.328 e. The average molecular weight is 233 g/mol. The van der Waals surface area contributed by atoms with Crippen molar-refractivity contribution in [3.63, 3.8) is 0 Å². The molecule has 1 aromatic heterocycles. The van der Waals surface area contributed by atoms with Crippen molar-refractivity contribution in [3.05, 3.63) is 30.1 Å². The maximum atomic E-state index is 5.96. The molecule has 0 aromatic carbocycles. The van der Waals surface area contributed by atoms with E-state index in [-0.39, 0.29) is 0 Å². The Balaban J connectivity index is 1.92. The molecule has 1 fully saturated rings. The van der Waals surface area contributed by atoms with Gasteiger partial charge in [0.05, 0.1) is 0 Å². The van der Waals surface area contributed by atoms with Gasteiger partial charge >= 0.3 is 0 Å². The van der Waals surface area contributed by atoms with Crippen LogP contribution in [0.5, 0.6) is 0 Å². The van der Waals surface area contributed by atoms with Gasteiger partial charge < -0.3 is 5.73 Å². The first-order valence-electron chi connectivity index (χ1n) is 6.68. The van der Waals surface area contributed by atoms with Gasteiger partial charge in [-0.3, -0.25) is 9.88 Å². The molecular formula is C14H23N3. The Kier molecular flexibility index (Phi) is 4.51. The van der Waals surface area contributed by atoms with E-state index in [1.807, 2.05) is 12.4 Å². The Morgan fingerprint density at radius 3 is 2.47 bits per heavy atom. The molecule has 2 rings (SSSR count). The van der Waals surface area contributed by atoms with Crippen LogP contribution in [0.25, 0.3) is 0 Å². The zero-order chi connectivity index (χ0) is 12.1. The van der Waals surface area contributed by atoms with E-state index in [1.54, 1.807) is 0 Å². The normalized spacial score (nSPS) is 25.1. The Labute approximate surface area is 104 Å². The first-order chi connectivity index (χ1) is 8.29. The molecule has 1 aromatic rings. The molecule has 2 N–H and O–H groups in total. The second-order valence-electron chi connectivity index (χ2n) is 4.99. The second kappa shape index (κ2) is 6.12. The van der Waals surface area contributed by atoms with Crippen LogP contribution in [0.4, 0.5) is 0 Å². The maximum absolute atomic E-state index is 5.96. The molecule has 1 heterocycles. The summed E-state index contributed by atoms with van der Waals surface area (Å²) in [5, 5.41) is 0. The lowest BCUT2D eigenvalue weighted by Crippen LogP contribution is -2.40. The predicted molar refractivity (Wildman–Crippen MR) is 70.6 cm³/mol. The van der Waals surface area contributed by atoms with Gasteiger partial charge in [-0.2, -0.15) is 0 Å². The summed E-state index contributed by atoms with van der Waals surface area (Å²) in [6, 6.07) is 5.37. The third-order valence-corrected chi connectivity index (χ3v) is 3.80. The molecule has 0 aliphatic heterocycles. The monoisotopic (exact) mass is 233 g/mol. The van der Waals surface area contributed by atoms with E-state index >= 15 is 0 Å². The fourth-order valence-corrected chi connectivity index (χ4v) is 2.69. The molecule has 94 valence electrons. The maximum Gasteiger partial charge on any atom is 0.0271 e. The van der Waals surface area contributed by atoms with E-state index in [1.165, 1.54) is 31.2 Å². The van der Waals surface area contributed by atoms with Crippen LogP contribution < -0.4 is 5.73 Å². The number of hydrogen-bond acceptors (Lipinski definition) is 3. The number of pyridine rings is 1. The topological polar surface area (TPSA) is 42.2 Å². The molecule has 1 aliphatic rings. The van der Waals surface area contributed by atoms with Gasteiger partial charge in [-0.15, -0.1) is 0 Å². The number of aromatic nitrogens is 1. The molecule has 0 spiro atoms. The van der Waals surface area contributed by atoms with Crippen molar-refractivity contribution in [2.75, 3.05) is 6.54 Å². The van der Waals surface area contributed by atoms with Gasteiger partial charge in [-0.05, 0) is 49.9 Å². The zero-order valence-corrected chi connectivity index (χ0v) is 10.7. The van der Waals surface area contributed by atoms with Crippen LogP contribution in [0.3, 0.4) is 0 Å². The third-order valence-electron chi connectivity index (χ3n) is 3.80. The van der Waals surface area contributed by atoms with Crippen LogP contribution in [-0.4, -0.2) is 28.5 Å². The van der Waals surface area contributed by atoms with Gasteiger partial charge in [-0.25, -0.2) is 0 Å². The quantitative estimate of drug-likeness (QED) is 0.866. The molecule has 0 bridgehead atoms. The lowest BCUT2D eigenvalue weighted by molar-refractivity contribution is 0.149. The molecule has 0 unspecified atom stereocenters. The number of nitrogens with zero attached hydrogens (tertiary/aromatic N) is 2. The van der Waals surface area contributed by atoms with Crippen molar-refractivity contribution >= 4 is 0 Å². The molecule has 0 atom stereocenters. The van der Waals surface area contributed by atoms with Crippen LogP contribution in [0.1, 0.15) is 38.2 Å². The Morgan fingerprint density at radius 1 is 1.24 bits per heavy atom. The summed E-state index contributed by atoms with van der Waals surface area (Å²) in [6.45, 7) is 4.40. The first-order valence-corrected chi connectivity index (χ1v) is 6.68. The molecule has 0 saturated heterocycles. The molecule has 3 nitrogen and oxygen atoms in total. The first kappa shape index (κ1) is 12.5. The van der Waals surface area contributed by atoms with Gasteiger partial charge in [0.1, 0.15) is 0 Å². The van der Waals surface area contributed by atoms with Gasteiger partial charge in [0, 0.05) is 31.0 Å². The summed E-state index contributed by atoms with van der Waals surface area (Å²) in [5.41, 5.74) is 7.32. The Morgan fingerprint density at radius 2 is 1.88 bits per heavy atom. The van der Waals surface area contributed by atoms with Gasteiger partial charge in [0.25, 0.3) is 0 Å². The fourth-order valence-electron chi connectivity index (χ4n) is 2.69. The Bertz CT molecular complexity index is 317. The molecule has 3 heteroatoms. The lowest BCUT2D eigenvalue weighted by Gasteiger charge is -2.35. The van der Waals surface area contributed by atoms with Crippen molar-refractivity contribution in [2.24, 2.45) is 5.73 Å². The molecule has 0 radical (unpaired) electrons. The molecule has 1 saturated carbocycles. The van der Waals surface area contributed by atoms with Gasteiger partial charge in [0.2, 0.25) is 0 Å². The van der Waals surface area contributed by atoms with E-state index in [4.69, 9.17) is 5.73 Å². The Hall–Kier alpha value is -0.930. The molecule has 17 heavy (non-hydrogen) atoms. The van der Waals surface area contributed by atoms with Crippen LogP contribution in [0.15, 0.2) is 24.5 Å². The highest BCUT2D eigenvalue weighted by Crippen LogP contribution is 2.23. The van der Waals surface area contributed by atoms with E-state index in [2.05, 4.69) is 28.9 Å². The van der Waals surface area contributed by atoms with Crippen molar-refractivity contribution in [1.82, 2.24) is 9.88 Å². The highest BCUT2D eigenvalue weighted by atomic mass is 15.1. The zero-order valence-electron chi connectivity index (χ0n) is 10.7. The van der Waals surface area contributed by atoms with E-state index < -0.39 is 0 Å². The summed E-state index contributed by atoms with van der Waals surface area (Å²) in [6.07, 6.45) is 8.61. The second-order valence-corrected chi connectivity index (χ2v) is 4.99. The van der Waals surface area contributed by atoms with Crippen molar-refractivity contribution in [1.29, 1.82) is 0 Å². The van der Waals surface area contributed by atoms with Gasteiger partial charge in [0.15, 0.2) is 0 Å². The summed E-state index contributed by atoms with van der Waals surface area (Å²) < 4.78 is 0. The SMILES string of the molecule is CCN(Cc1ccncc1)C1CCC(N)CC1. The number of hydrogen-bond donors (Lipinski definition) is 1. The van der Waals surface area contributed by atoms with Crippen LogP contribution >= 0.6 is 0 Å². The minimum atomic E-state index is 0.436. The summed E-state index contributed by atoms with van der Waals surface area (Å²) >= 11 is 0. The number of rotatable bonds is 4. The minimum Gasteiger partial charge on any atom is -0.328 e.